The average Bonchev–Trinajstić information content (AvgIpc) is 3.03. The number of benzene rings is 1. The molecule has 0 radical (unpaired) electrons. The molecule has 1 aliphatic heterocycles. The first-order valence-electron chi connectivity index (χ1n) is 8.77. The Morgan fingerprint density at radius 2 is 2.00 bits per heavy atom. The van der Waals surface area contributed by atoms with E-state index >= 15 is 0 Å². The van der Waals surface area contributed by atoms with Gasteiger partial charge in [-0.1, -0.05) is 59.2 Å². The van der Waals surface area contributed by atoms with Gasteiger partial charge in [0.25, 0.3) is 0 Å². The van der Waals surface area contributed by atoms with Gasteiger partial charge in [0.1, 0.15) is 0 Å². The van der Waals surface area contributed by atoms with Crippen molar-refractivity contribution >= 4 is 6.21 Å². The fourth-order valence-electron chi connectivity index (χ4n) is 2.67. The number of rotatable bonds is 4. The summed E-state index contributed by atoms with van der Waals surface area (Å²) in [6.45, 7) is 14.7. The fraction of sp³-hybridized carbons (Fsp3) is 0.650. The summed E-state index contributed by atoms with van der Waals surface area (Å²) >= 11 is 0. The Morgan fingerprint density at radius 3 is 2.45 bits per heavy atom. The van der Waals surface area contributed by atoms with Gasteiger partial charge in [-0.3, -0.25) is 0 Å². The molecule has 1 aromatic carbocycles. The van der Waals surface area contributed by atoms with Crippen LogP contribution < -0.4 is 0 Å². The molecule has 0 spiro atoms. The van der Waals surface area contributed by atoms with Crippen molar-refractivity contribution in [2.75, 3.05) is 13.2 Å². The van der Waals surface area contributed by atoms with E-state index in [1.807, 2.05) is 26.0 Å². The predicted octanol–water partition coefficient (Wildman–Crippen LogP) is 5.97. The van der Waals surface area contributed by atoms with Crippen molar-refractivity contribution in [3.05, 3.63) is 34.9 Å². The maximum absolute atomic E-state index is 7.20. The summed E-state index contributed by atoms with van der Waals surface area (Å²) in [5, 5.41) is 7.20. The van der Waals surface area contributed by atoms with E-state index in [0.29, 0.717) is 5.92 Å². The Kier molecular flexibility index (Phi) is 11.8. The molecule has 1 unspecified atom stereocenters. The molecule has 1 saturated heterocycles. The molecule has 0 aliphatic carbocycles. The van der Waals surface area contributed by atoms with E-state index in [1.54, 1.807) is 0 Å². The number of hydrogen-bond donors (Lipinski definition) is 1. The van der Waals surface area contributed by atoms with E-state index in [2.05, 4.69) is 33.8 Å². The normalized spacial score (nSPS) is 16.4. The van der Waals surface area contributed by atoms with Crippen LogP contribution >= 0.6 is 0 Å². The van der Waals surface area contributed by atoms with Gasteiger partial charge in [-0.15, -0.1) is 0 Å². The second-order valence-electron chi connectivity index (χ2n) is 5.88. The zero-order valence-electron chi connectivity index (χ0n) is 15.4. The topological polar surface area (TPSA) is 33.1 Å². The maximum Gasteiger partial charge on any atom is 0.0495 e. The fourth-order valence-corrected chi connectivity index (χ4v) is 2.67. The first kappa shape index (κ1) is 20.9. The number of nitrogens with one attached hydrogen (secondary N) is 1. The van der Waals surface area contributed by atoms with Gasteiger partial charge in [-0.25, -0.2) is 0 Å². The zero-order valence-corrected chi connectivity index (χ0v) is 15.4. The van der Waals surface area contributed by atoms with Crippen molar-refractivity contribution < 1.29 is 4.74 Å². The smallest absolute Gasteiger partial charge is 0.0495 e. The van der Waals surface area contributed by atoms with Crippen LogP contribution in [0.1, 0.15) is 76.5 Å². The van der Waals surface area contributed by atoms with Crippen LogP contribution in [0.25, 0.3) is 0 Å². The Labute approximate surface area is 137 Å². The van der Waals surface area contributed by atoms with Gasteiger partial charge in [-0.2, -0.15) is 0 Å². The highest BCUT2D eigenvalue weighted by Crippen LogP contribution is 2.20. The molecular formula is C20H35NO. The lowest BCUT2D eigenvalue weighted by Gasteiger charge is -2.10. The summed E-state index contributed by atoms with van der Waals surface area (Å²) in [5.41, 5.74) is 3.61. The van der Waals surface area contributed by atoms with Crippen molar-refractivity contribution in [3.63, 3.8) is 0 Å². The SMILES string of the molecule is CC.CCCC1CCOC1.Cc1c(C=N)cccc1C(C)C. The monoisotopic (exact) mass is 305 g/mol. The van der Waals surface area contributed by atoms with Gasteiger partial charge in [-0.05, 0) is 48.3 Å². The summed E-state index contributed by atoms with van der Waals surface area (Å²) in [7, 11) is 0. The molecular weight excluding hydrogens is 270 g/mol. The Balaban J connectivity index is 0.000000382. The molecule has 22 heavy (non-hydrogen) atoms. The maximum atomic E-state index is 7.20. The molecule has 1 fully saturated rings. The highest BCUT2D eigenvalue weighted by Gasteiger charge is 2.13. The molecule has 0 amide bonds. The van der Waals surface area contributed by atoms with Gasteiger partial charge >= 0.3 is 0 Å². The molecule has 1 aromatic rings. The van der Waals surface area contributed by atoms with Crippen LogP contribution in [0, 0.1) is 18.3 Å². The standard InChI is InChI=1S/C11H15N.C7H14O.C2H6/c1-8(2)11-6-4-5-10(7-12)9(11)3;1-2-3-7-4-5-8-6-7;1-2/h4-8,12H,1-3H3;7H,2-6H2,1H3;1-2H3. The first-order valence-corrected chi connectivity index (χ1v) is 8.77. The molecule has 2 heteroatoms. The van der Waals surface area contributed by atoms with Gasteiger partial charge in [0.2, 0.25) is 0 Å². The largest absolute Gasteiger partial charge is 0.381 e. The van der Waals surface area contributed by atoms with Gasteiger partial charge < -0.3 is 10.1 Å². The summed E-state index contributed by atoms with van der Waals surface area (Å²) in [6.07, 6.45) is 5.39. The van der Waals surface area contributed by atoms with Gasteiger partial charge in [0, 0.05) is 19.4 Å². The van der Waals surface area contributed by atoms with E-state index in [9.17, 15) is 0 Å². The molecule has 126 valence electrons. The summed E-state index contributed by atoms with van der Waals surface area (Å²) < 4.78 is 5.21. The van der Waals surface area contributed by atoms with E-state index in [-0.39, 0.29) is 0 Å². The third-order valence-corrected chi connectivity index (χ3v) is 3.92. The Morgan fingerprint density at radius 1 is 1.32 bits per heavy atom. The van der Waals surface area contributed by atoms with E-state index < -0.39 is 0 Å². The van der Waals surface area contributed by atoms with Crippen LogP contribution in [-0.2, 0) is 4.74 Å². The molecule has 0 aromatic heterocycles. The highest BCUT2D eigenvalue weighted by molar-refractivity contribution is 5.79. The molecule has 2 rings (SSSR count). The second-order valence-corrected chi connectivity index (χ2v) is 5.88. The van der Waals surface area contributed by atoms with Crippen LogP contribution in [0.2, 0.25) is 0 Å². The third-order valence-electron chi connectivity index (χ3n) is 3.92. The Hall–Kier alpha value is -1.15. The minimum Gasteiger partial charge on any atom is -0.381 e. The van der Waals surface area contributed by atoms with E-state index in [4.69, 9.17) is 10.1 Å². The lowest BCUT2D eigenvalue weighted by Crippen LogP contribution is -1.96. The van der Waals surface area contributed by atoms with Crippen LogP contribution in [0.4, 0.5) is 0 Å². The highest BCUT2D eigenvalue weighted by atomic mass is 16.5. The van der Waals surface area contributed by atoms with Crippen LogP contribution in [0.15, 0.2) is 18.2 Å². The van der Waals surface area contributed by atoms with Crippen LogP contribution in [0.3, 0.4) is 0 Å². The van der Waals surface area contributed by atoms with Gasteiger partial charge in [0.15, 0.2) is 0 Å². The Bertz CT molecular complexity index is 406. The summed E-state index contributed by atoms with van der Waals surface area (Å²) in [4.78, 5) is 0. The molecule has 2 nitrogen and oxygen atoms in total. The third kappa shape index (κ3) is 7.22. The number of hydrogen-bond acceptors (Lipinski definition) is 2. The lowest BCUT2D eigenvalue weighted by molar-refractivity contribution is 0.184. The number of ether oxygens (including phenoxy) is 1. The molecule has 0 bridgehead atoms. The van der Waals surface area contributed by atoms with Gasteiger partial charge in [0.05, 0.1) is 0 Å². The van der Waals surface area contributed by atoms with Crippen LogP contribution in [0.5, 0.6) is 0 Å². The second kappa shape index (κ2) is 12.4. The average molecular weight is 306 g/mol. The minimum absolute atomic E-state index is 0.546. The van der Waals surface area contributed by atoms with Crippen molar-refractivity contribution in [2.45, 2.75) is 66.7 Å². The zero-order chi connectivity index (χ0) is 17.0. The van der Waals surface area contributed by atoms with Crippen molar-refractivity contribution in [1.82, 2.24) is 0 Å². The van der Waals surface area contributed by atoms with E-state index in [0.717, 1.165) is 24.7 Å². The molecule has 1 atom stereocenters. The molecule has 1 N–H and O–H groups in total. The molecule has 1 heterocycles. The lowest BCUT2D eigenvalue weighted by atomic mass is 9.95. The van der Waals surface area contributed by atoms with Crippen molar-refractivity contribution in [2.24, 2.45) is 5.92 Å². The van der Waals surface area contributed by atoms with E-state index in [1.165, 1.54) is 36.6 Å². The molecule has 0 saturated carbocycles. The molecule has 1 aliphatic rings. The quantitative estimate of drug-likeness (QED) is 0.683. The van der Waals surface area contributed by atoms with Crippen molar-refractivity contribution in [1.29, 1.82) is 5.41 Å². The summed E-state index contributed by atoms with van der Waals surface area (Å²) in [5.74, 6) is 1.44. The first-order chi connectivity index (χ1) is 10.6. The minimum atomic E-state index is 0.546. The van der Waals surface area contributed by atoms with Crippen molar-refractivity contribution in [3.8, 4) is 0 Å². The summed E-state index contributed by atoms with van der Waals surface area (Å²) in [6, 6.07) is 6.13. The van der Waals surface area contributed by atoms with Crippen LogP contribution in [-0.4, -0.2) is 19.4 Å². The predicted molar refractivity (Wildman–Crippen MR) is 98.3 cm³/mol.